The zero-order chi connectivity index (χ0) is 19.2. The molecular formula is C22H28N4O2. The van der Waals surface area contributed by atoms with Gasteiger partial charge in [0.15, 0.2) is 5.96 Å². The van der Waals surface area contributed by atoms with E-state index in [-0.39, 0.29) is 0 Å². The second kappa shape index (κ2) is 8.95. The van der Waals surface area contributed by atoms with Crippen LogP contribution in [0.4, 0.5) is 0 Å². The average Bonchev–Trinajstić information content (AvgIpc) is 3.44. The first kappa shape index (κ1) is 18.6. The molecule has 6 nitrogen and oxygen atoms in total. The van der Waals surface area contributed by atoms with E-state index in [9.17, 15) is 0 Å². The summed E-state index contributed by atoms with van der Waals surface area (Å²) in [5, 5.41) is 6.73. The third kappa shape index (κ3) is 5.15. The summed E-state index contributed by atoms with van der Waals surface area (Å²) in [7, 11) is 1.79. The quantitative estimate of drug-likeness (QED) is 0.544. The highest BCUT2D eigenvalue weighted by molar-refractivity contribution is 5.79. The van der Waals surface area contributed by atoms with Crippen LogP contribution >= 0.6 is 0 Å². The molecule has 148 valence electrons. The van der Waals surface area contributed by atoms with Crippen LogP contribution in [0.15, 0.2) is 41.5 Å². The fourth-order valence-electron chi connectivity index (χ4n) is 3.25. The van der Waals surface area contributed by atoms with Crippen molar-refractivity contribution in [2.24, 2.45) is 10.9 Å². The van der Waals surface area contributed by atoms with E-state index < -0.39 is 0 Å². The van der Waals surface area contributed by atoms with Crippen LogP contribution in [-0.2, 0) is 19.4 Å². The summed E-state index contributed by atoms with van der Waals surface area (Å²) in [4.78, 5) is 8.60. The molecule has 2 N–H and O–H groups in total. The molecule has 1 fully saturated rings. The van der Waals surface area contributed by atoms with E-state index >= 15 is 0 Å². The summed E-state index contributed by atoms with van der Waals surface area (Å²) in [5.41, 5.74) is 3.76. The second-order valence-corrected chi connectivity index (χ2v) is 7.40. The first-order chi connectivity index (χ1) is 13.8. The molecule has 0 amide bonds. The Labute approximate surface area is 166 Å². The van der Waals surface area contributed by atoms with Crippen LogP contribution in [0.25, 0.3) is 0 Å². The minimum absolute atomic E-state index is 0.679. The Balaban J connectivity index is 1.22. The number of rotatable bonds is 8. The Morgan fingerprint density at radius 2 is 2.14 bits per heavy atom. The summed E-state index contributed by atoms with van der Waals surface area (Å²) in [5.74, 6) is 3.26. The van der Waals surface area contributed by atoms with Gasteiger partial charge >= 0.3 is 0 Å². The Kier molecular flexibility index (Phi) is 5.95. The van der Waals surface area contributed by atoms with Crippen LogP contribution in [0, 0.1) is 5.92 Å². The van der Waals surface area contributed by atoms with E-state index in [0.717, 1.165) is 55.8 Å². The number of hydrogen-bond donors (Lipinski definition) is 2. The molecule has 2 heterocycles. The van der Waals surface area contributed by atoms with Gasteiger partial charge in [0, 0.05) is 38.8 Å². The van der Waals surface area contributed by atoms with E-state index in [4.69, 9.17) is 9.47 Å². The maximum absolute atomic E-state index is 5.76. The molecule has 0 bridgehead atoms. The predicted molar refractivity (Wildman–Crippen MR) is 110 cm³/mol. The van der Waals surface area contributed by atoms with Crippen molar-refractivity contribution in [2.75, 3.05) is 26.8 Å². The number of benzene rings is 1. The molecule has 1 saturated carbocycles. The van der Waals surface area contributed by atoms with Crippen molar-refractivity contribution in [2.45, 2.75) is 32.2 Å². The number of ether oxygens (including phenoxy) is 2. The number of pyridine rings is 1. The predicted octanol–water partition coefficient (Wildman–Crippen LogP) is 2.71. The molecule has 0 radical (unpaired) electrons. The Morgan fingerprint density at radius 3 is 3.00 bits per heavy atom. The lowest BCUT2D eigenvalue weighted by atomic mass is 10.1. The zero-order valence-electron chi connectivity index (χ0n) is 16.4. The lowest BCUT2D eigenvalue weighted by Crippen LogP contribution is -2.37. The van der Waals surface area contributed by atoms with E-state index in [1.54, 1.807) is 13.2 Å². The van der Waals surface area contributed by atoms with Gasteiger partial charge in [-0.15, -0.1) is 0 Å². The van der Waals surface area contributed by atoms with Gasteiger partial charge in [0.25, 0.3) is 0 Å². The normalized spacial score (nSPS) is 15.7. The van der Waals surface area contributed by atoms with Gasteiger partial charge in [0.2, 0.25) is 5.88 Å². The number of hydrogen-bond acceptors (Lipinski definition) is 4. The lowest BCUT2D eigenvalue weighted by Gasteiger charge is -2.13. The van der Waals surface area contributed by atoms with E-state index in [1.165, 1.54) is 24.0 Å². The lowest BCUT2D eigenvalue weighted by molar-refractivity contribution is 0.288. The molecule has 0 saturated heterocycles. The van der Waals surface area contributed by atoms with Gasteiger partial charge in [-0.1, -0.05) is 12.1 Å². The molecule has 1 aromatic carbocycles. The third-order valence-corrected chi connectivity index (χ3v) is 5.11. The van der Waals surface area contributed by atoms with Gasteiger partial charge in [-0.05, 0) is 54.0 Å². The molecule has 0 spiro atoms. The van der Waals surface area contributed by atoms with Crippen molar-refractivity contribution < 1.29 is 9.47 Å². The van der Waals surface area contributed by atoms with Gasteiger partial charge < -0.3 is 20.1 Å². The minimum Gasteiger partial charge on any atom is -0.493 e. The SMILES string of the molecule is CN=C(NCCc1ccc2c(c1)CCO2)NCc1ccnc(OCC2CC2)c1. The molecule has 6 heteroatoms. The molecule has 2 aliphatic rings. The molecule has 4 rings (SSSR count). The summed E-state index contributed by atoms with van der Waals surface area (Å²) < 4.78 is 11.3. The highest BCUT2D eigenvalue weighted by Crippen LogP contribution is 2.29. The number of aliphatic imine (C=N–C) groups is 1. The van der Waals surface area contributed by atoms with Gasteiger partial charge in [-0.25, -0.2) is 4.98 Å². The molecule has 1 aromatic heterocycles. The van der Waals surface area contributed by atoms with E-state index in [0.29, 0.717) is 12.4 Å². The fraction of sp³-hybridized carbons (Fsp3) is 0.455. The number of nitrogens with zero attached hydrogens (tertiary/aromatic N) is 2. The van der Waals surface area contributed by atoms with Crippen molar-refractivity contribution in [3.63, 3.8) is 0 Å². The van der Waals surface area contributed by atoms with E-state index in [2.05, 4.69) is 38.8 Å². The van der Waals surface area contributed by atoms with Gasteiger partial charge in [0.05, 0.1) is 13.2 Å². The second-order valence-electron chi connectivity index (χ2n) is 7.40. The number of nitrogens with one attached hydrogen (secondary N) is 2. The van der Waals surface area contributed by atoms with Crippen LogP contribution < -0.4 is 20.1 Å². The first-order valence-corrected chi connectivity index (χ1v) is 10.1. The van der Waals surface area contributed by atoms with E-state index in [1.807, 2.05) is 12.1 Å². The summed E-state index contributed by atoms with van der Waals surface area (Å²) in [6.07, 6.45) is 6.32. The maximum atomic E-state index is 5.76. The Hall–Kier alpha value is -2.76. The third-order valence-electron chi connectivity index (χ3n) is 5.11. The molecule has 1 aliphatic carbocycles. The van der Waals surface area contributed by atoms with Crippen molar-refractivity contribution in [1.82, 2.24) is 15.6 Å². The molecule has 2 aromatic rings. The molecular weight excluding hydrogens is 352 g/mol. The van der Waals surface area contributed by atoms with Crippen LogP contribution in [0.3, 0.4) is 0 Å². The monoisotopic (exact) mass is 380 g/mol. The maximum Gasteiger partial charge on any atom is 0.213 e. The summed E-state index contributed by atoms with van der Waals surface area (Å²) in [6.45, 7) is 3.08. The summed E-state index contributed by atoms with van der Waals surface area (Å²) >= 11 is 0. The smallest absolute Gasteiger partial charge is 0.213 e. The highest BCUT2D eigenvalue weighted by atomic mass is 16.5. The first-order valence-electron chi connectivity index (χ1n) is 10.1. The standard InChI is InChI=1S/C22H28N4O2/c1-23-22(25-10-6-16-4-5-20-19(12-16)8-11-27-20)26-14-18-7-9-24-21(13-18)28-15-17-2-3-17/h4-5,7,9,12-13,17H,2-3,6,8,10-11,14-15H2,1H3,(H2,23,25,26). The minimum atomic E-state index is 0.679. The number of aromatic nitrogens is 1. The van der Waals surface area contributed by atoms with Gasteiger partial charge in [-0.3, -0.25) is 4.99 Å². The zero-order valence-corrected chi connectivity index (χ0v) is 16.4. The summed E-state index contributed by atoms with van der Waals surface area (Å²) in [6, 6.07) is 10.5. The molecule has 0 unspecified atom stereocenters. The van der Waals surface area contributed by atoms with Crippen LogP contribution in [0.1, 0.15) is 29.5 Å². The number of fused-ring (bicyclic) bond motifs is 1. The van der Waals surface area contributed by atoms with Crippen molar-refractivity contribution in [1.29, 1.82) is 0 Å². The topological polar surface area (TPSA) is 67.8 Å². The van der Waals surface area contributed by atoms with Crippen molar-refractivity contribution in [3.05, 3.63) is 53.2 Å². The largest absolute Gasteiger partial charge is 0.493 e. The fourth-order valence-corrected chi connectivity index (χ4v) is 3.25. The molecule has 1 aliphatic heterocycles. The number of guanidine groups is 1. The Morgan fingerprint density at radius 1 is 1.21 bits per heavy atom. The highest BCUT2D eigenvalue weighted by Gasteiger charge is 2.22. The average molecular weight is 380 g/mol. The van der Waals surface area contributed by atoms with Crippen LogP contribution in [0.2, 0.25) is 0 Å². The van der Waals surface area contributed by atoms with Crippen LogP contribution in [0.5, 0.6) is 11.6 Å². The van der Waals surface area contributed by atoms with Crippen molar-refractivity contribution >= 4 is 5.96 Å². The molecule has 28 heavy (non-hydrogen) atoms. The van der Waals surface area contributed by atoms with Gasteiger partial charge in [0.1, 0.15) is 5.75 Å². The Bertz CT molecular complexity index is 833. The van der Waals surface area contributed by atoms with Gasteiger partial charge in [-0.2, -0.15) is 0 Å². The van der Waals surface area contributed by atoms with Crippen molar-refractivity contribution in [3.8, 4) is 11.6 Å². The molecule has 0 atom stereocenters. The van der Waals surface area contributed by atoms with Crippen LogP contribution in [-0.4, -0.2) is 37.7 Å².